The van der Waals surface area contributed by atoms with Crippen molar-refractivity contribution in [3.63, 3.8) is 0 Å². The fourth-order valence-corrected chi connectivity index (χ4v) is 3.50. The zero-order valence-corrected chi connectivity index (χ0v) is 15.2. The van der Waals surface area contributed by atoms with Crippen molar-refractivity contribution in [3.05, 3.63) is 56.9 Å². The fourth-order valence-electron chi connectivity index (χ4n) is 3.05. The molecule has 144 valence electrons. The molecular weight excluding hydrogens is 447 g/mol. The summed E-state index contributed by atoms with van der Waals surface area (Å²) in [6.45, 7) is 0. The van der Waals surface area contributed by atoms with E-state index >= 15 is 0 Å². The van der Waals surface area contributed by atoms with Crippen LogP contribution in [0.2, 0.25) is 0 Å². The highest BCUT2D eigenvalue weighted by molar-refractivity contribution is 9.10. The lowest BCUT2D eigenvalue weighted by molar-refractivity contribution is -0.213. The topological polar surface area (TPSA) is 109 Å². The lowest BCUT2D eigenvalue weighted by Crippen LogP contribution is -2.63. The van der Waals surface area contributed by atoms with Crippen molar-refractivity contribution in [2.75, 3.05) is 5.32 Å². The van der Waals surface area contributed by atoms with E-state index in [4.69, 9.17) is 0 Å². The van der Waals surface area contributed by atoms with Gasteiger partial charge in [-0.1, -0.05) is 6.07 Å². The Balaban J connectivity index is 1.96. The molecular formula is C16H9BrF3N5O3. The van der Waals surface area contributed by atoms with Crippen LogP contribution < -0.4 is 16.2 Å². The normalized spacial score (nSPS) is 18.8. The molecule has 0 fully saturated rings. The molecule has 4 rings (SSSR count). The van der Waals surface area contributed by atoms with Crippen LogP contribution in [0, 0.1) is 0 Å². The van der Waals surface area contributed by atoms with E-state index in [0.29, 0.717) is 9.04 Å². The number of amides is 2. The number of hydrogen-bond donors (Lipinski definition) is 3. The SMILES string of the molecule is O=C(NC1(C(F)(F)F)C(=O)Nc2nc3c(Br)cccc3n21)c1ccc[nH]c1=O. The number of fused-ring (bicyclic) bond motifs is 3. The molecule has 8 nitrogen and oxygen atoms in total. The quantitative estimate of drug-likeness (QED) is 0.549. The molecule has 3 N–H and O–H groups in total. The summed E-state index contributed by atoms with van der Waals surface area (Å²) in [5.74, 6) is -3.28. The number of anilines is 1. The number of nitrogens with zero attached hydrogens (tertiary/aromatic N) is 2. The molecule has 0 saturated carbocycles. The summed E-state index contributed by atoms with van der Waals surface area (Å²) in [6.07, 6.45) is -4.02. The van der Waals surface area contributed by atoms with Gasteiger partial charge in [0.25, 0.3) is 23.0 Å². The highest BCUT2D eigenvalue weighted by atomic mass is 79.9. The average Bonchev–Trinajstić information content (AvgIpc) is 3.11. The molecule has 3 aromatic rings. The molecule has 1 aromatic carbocycles. The number of carbonyl (C=O) groups excluding carboxylic acids is 2. The number of rotatable bonds is 2. The average molecular weight is 456 g/mol. The number of nitrogens with one attached hydrogen (secondary N) is 3. The van der Waals surface area contributed by atoms with E-state index in [0.717, 1.165) is 6.07 Å². The molecule has 1 atom stereocenters. The van der Waals surface area contributed by atoms with E-state index < -0.39 is 34.8 Å². The standard InChI is InChI=1S/C16H9BrF3N5O3/c17-8-4-1-5-9-10(8)22-14-23-13(28)15(25(9)14,16(18,19)20)24-12(27)7-3-2-6-21-11(7)26/h1-6H,(H,21,26)(H,24,27)(H,22,23,28). The van der Waals surface area contributed by atoms with Crippen LogP contribution in [0.3, 0.4) is 0 Å². The number of benzene rings is 1. The van der Waals surface area contributed by atoms with Crippen LogP contribution in [0.5, 0.6) is 0 Å². The first-order valence-electron chi connectivity index (χ1n) is 7.72. The van der Waals surface area contributed by atoms with Gasteiger partial charge in [-0.15, -0.1) is 0 Å². The summed E-state index contributed by atoms with van der Waals surface area (Å²) in [5.41, 5.74) is -4.82. The number of imidazole rings is 1. The molecule has 0 spiro atoms. The molecule has 28 heavy (non-hydrogen) atoms. The maximum atomic E-state index is 14.2. The number of pyridine rings is 1. The van der Waals surface area contributed by atoms with Crippen molar-refractivity contribution in [1.29, 1.82) is 0 Å². The smallest absolute Gasteiger partial charge is 0.328 e. The van der Waals surface area contributed by atoms with E-state index in [9.17, 15) is 27.6 Å². The summed E-state index contributed by atoms with van der Waals surface area (Å²) in [7, 11) is 0. The van der Waals surface area contributed by atoms with E-state index in [-0.39, 0.29) is 17.0 Å². The minimum Gasteiger partial charge on any atom is -0.328 e. The number of aromatic amines is 1. The Morgan fingerprint density at radius 1 is 1.21 bits per heavy atom. The Hall–Kier alpha value is -3.15. The minimum atomic E-state index is -5.24. The van der Waals surface area contributed by atoms with Crippen molar-refractivity contribution in [1.82, 2.24) is 19.9 Å². The summed E-state index contributed by atoms with van der Waals surface area (Å²) < 4.78 is 43.6. The molecule has 0 saturated heterocycles. The number of halogens is 4. The van der Waals surface area contributed by atoms with E-state index in [1.807, 2.05) is 0 Å². The number of hydrogen-bond acceptors (Lipinski definition) is 4. The lowest BCUT2D eigenvalue weighted by atomic mass is 10.1. The van der Waals surface area contributed by atoms with E-state index in [1.165, 1.54) is 24.4 Å². The summed E-state index contributed by atoms with van der Waals surface area (Å²) in [6, 6.07) is 6.70. The molecule has 0 bridgehead atoms. The zero-order valence-electron chi connectivity index (χ0n) is 13.6. The number of alkyl halides is 3. The lowest BCUT2D eigenvalue weighted by Gasteiger charge is -2.31. The monoisotopic (exact) mass is 455 g/mol. The van der Waals surface area contributed by atoms with Gasteiger partial charge in [-0.3, -0.25) is 24.3 Å². The van der Waals surface area contributed by atoms with Crippen molar-refractivity contribution in [2.45, 2.75) is 11.8 Å². The Bertz CT molecular complexity index is 1200. The van der Waals surface area contributed by atoms with Gasteiger partial charge in [0.05, 0.1) is 5.52 Å². The van der Waals surface area contributed by atoms with Crippen molar-refractivity contribution in [2.24, 2.45) is 0 Å². The molecule has 3 heterocycles. The highest BCUT2D eigenvalue weighted by Crippen LogP contribution is 2.44. The molecule has 0 radical (unpaired) electrons. The van der Waals surface area contributed by atoms with Gasteiger partial charge < -0.3 is 10.3 Å². The Morgan fingerprint density at radius 2 is 1.96 bits per heavy atom. The Morgan fingerprint density at radius 3 is 2.64 bits per heavy atom. The van der Waals surface area contributed by atoms with E-state index in [1.54, 1.807) is 11.4 Å². The van der Waals surface area contributed by atoms with Gasteiger partial charge >= 0.3 is 6.18 Å². The van der Waals surface area contributed by atoms with Gasteiger partial charge in [0, 0.05) is 10.7 Å². The summed E-state index contributed by atoms with van der Waals surface area (Å²) in [4.78, 5) is 42.9. The van der Waals surface area contributed by atoms with Crippen LogP contribution in [0.4, 0.5) is 19.1 Å². The Labute approximate surface area is 161 Å². The van der Waals surface area contributed by atoms with Crippen LogP contribution >= 0.6 is 15.9 Å². The first-order valence-corrected chi connectivity index (χ1v) is 8.52. The van der Waals surface area contributed by atoms with Crippen molar-refractivity contribution < 1.29 is 22.8 Å². The largest absolute Gasteiger partial charge is 0.440 e. The first-order chi connectivity index (χ1) is 13.2. The molecule has 12 heteroatoms. The second-order valence-corrected chi connectivity index (χ2v) is 6.76. The molecule has 1 aliphatic heterocycles. The highest BCUT2D eigenvalue weighted by Gasteiger charge is 2.67. The van der Waals surface area contributed by atoms with E-state index in [2.05, 4.69) is 31.2 Å². The number of H-pyrrole nitrogens is 1. The molecule has 0 aliphatic carbocycles. The van der Waals surface area contributed by atoms with Crippen LogP contribution in [0.15, 0.2) is 45.8 Å². The molecule has 2 amide bonds. The Kier molecular flexibility index (Phi) is 3.86. The van der Waals surface area contributed by atoms with Gasteiger partial charge in [-0.25, -0.2) is 4.98 Å². The first kappa shape index (κ1) is 18.2. The maximum absolute atomic E-state index is 14.2. The van der Waals surface area contributed by atoms with Gasteiger partial charge in [-0.05, 0) is 40.2 Å². The number of para-hydroxylation sites is 1. The maximum Gasteiger partial charge on any atom is 0.440 e. The van der Waals surface area contributed by atoms with Crippen molar-refractivity contribution >= 4 is 44.7 Å². The van der Waals surface area contributed by atoms with Gasteiger partial charge in [-0.2, -0.15) is 13.2 Å². The van der Waals surface area contributed by atoms with Gasteiger partial charge in [0.1, 0.15) is 11.1 Å². The van der Waals surface area contributed by atoms with Crippen molar-refractivity contribution in [3.8, 4) is 0 Å². The predicted octanol–water partition coefficient (Wildman–Crippen LogP) is 2.08. The fraction of sp³-hybridized carbons (Fsp3) is 0.125. The molecule has 1 unspecified atom stereocenters. The van der Waals surface area contributed by atoms with Crippen LogP contribution in [0.25, 0.3) is 11.0 Å². The molecule has 1 aliphatic rings. The number of carbonyl (C=O) groups is 2. The van der Waals surface area contributed by atoms with Crippen LogP contribution in [-0.2, 0) is 10.5 Å². The number of aromatic nitrogens is 3. The summed E-state index contributed by atoms with van der Waals surface area (Å²) >= 11 is 3.20. The third-order valence-electron chi connectivity index (χ3n) is 4.29. The van der Waals surface area contributed by atoms with Gasteiger partial charge in [0.15, 0.2) is 0 Å². The predicted molar refractivity (Wildman–Crippen MR) is 94.6 cm³/mol. The second-order valence-electron chi connectivity index (χ2n) is 5.91. The van der Waals surface area contributed by atoms with Crippen LogP contribution in [0.1, 0.15) is 10.4 Å². The summed E-state index contributed by atoms with van der Waals surface area (Å²) in [5, 5.41) is 3.76. The third kappa shape index (κ3) is 2.37. The minimum absolute atomic E-state index is 0.0395. The van der Waals surface area contributed by atoms with Crippen LogP contribution in [-0.4, -0.2) is 32.5 Å². The zero-order chi connectivity index (χ0) is 20.3. The molecule has 2 aromatic heterocycles. The second kappa shape index (κ2) is 5.92. The third-order valence-corrected chi connectivity index (χ3v) is 4.93. The van der Waals surface area contributed by atoms with Gasteiger partial charge in [0.2, 0.25) is 5.95 Å².